The number of carbonyl (C=O) groups excluding carboxylic acids is 1. The topological polar surface area (TPSA) is 64.1 Å². The molecule has 0 unspecified atom stereocenters. The third-order valence-corrected chi connectivity index (χ3v) is 1.59. The van der Waals surface area contributed by atoms with Crippen LogP contribution in [0.2, 0.25) is 0 Å². The average molecular weight is 209 g/mol. The molecule has 0 aliphatic heterocycles. The van der Waals surface area contributed by atoms with Crippen LogP contribution in [-0.4, -0.2) is 22.2 Å². The molecule has 82 valence electrons. The Labute approximate surface area is 88.9 Å². The van der Waals surface area contributed by atoms with Crippen molar-refractivity contribution in [1.82, 2.24) is 15.3 Å². The van der Waals surface area contributed by atoms with E-state index < -0.39 is 6.09 Å². The smallest absolute Gasteiger partial charge is 0.407 e. The number of aryl methyl sites for hydroxylation is 1. The molecule has 0 saturated carbocycles. The molecular weight excluding hydrogens is 194 g/mol. The summed E-state index contributed by atoms with van der Waals surface area (Å²) in [7, 11) is 0. The third kappa shape index (κ3) is 4.39. The summed E-state index contributed by atoms with van der Waals surface area (Å²) in [5.74, 6) is 0. The van der Waals surface area contributed by atoms with Gasteiger partial charge in [-0.25, -0.2) is 4.79 Å². The minimum absolute atomic E-state index is 0.117. The van der Waals surface area contributed by atoms with Crippen molar-refractivity contribution in [3.05, 3.63) is 23.8 Å². The summed E-state index contributed by atoms with van der Waals surface area (Å²) in [5.41, 5.74) is 1.56. The molecule has 1 amide bonds. The summed E-state index contributed by atoms with van der Waals surface area (Å²) in [4.78, 5) is 19.3. The lowest BCUT2D eigenvalue weighted by atomic mass is 10.4. The van der Waals surface area contributed by atoms with Crippen LogP contribution in [0.3, 0.4) is 0 Å². The predicted octanol–water partition coefficient (Wildman–Crippen LogP) is 1.42. The fourth-order valence-electron chi connectivity index (χ4n) is 0.929. The van der Waals surface area contributed by atoms with Crippen LogP contribution >= 0.6 is 0 Å². The van der Waals surface area contributed by atoms with Crippen molar-refractivity contribution in [1.29, 1.82) is 0 Å². The molecule has 5 heteroatoms. The van der Waals surface area contributed by atoms with Crippen molar-refractivity contribution in [3.8, 4) is 0 Å². The van der Waals surface area contributed by atoms with Crippen LogP contribution in [0.5, 0.6) is 0 Å². The maximum Gasteiger partial charge on any atom is 0.407 e. The molecule has 1 aromatic heterocycles. The van der Waals surface area contributed by atoms with Crippen molar-refractivity contribution in [2.75, 3.05) is 0 Å². The zero-order valence-electron chi connectivity index (χ0n) is 9.15. The number of hydrogen-bond donors (Lipinski definition) is 1. The quantitative estimate of drug-likeness (QED) is 0.817. The van der Waals surface area contributed by atoms with Gasteiger partial charge in [-0.1, -0.05) is 0 Å². The number of nitrogens with one attached hydrogen (secondary N) is 1. The van der Waals surface area contributed by atoms with E-state index in [1.165, 1.54) is 0 Å². The van der Waals surface area contributed by atoms with Crippen LogP contribution in [0.1, 0.15) is 25.2 Å². The number of hydrogen-bond acceptors (Lipinski definition) is 4. The number of nitrogens with zero attached hydrogens (tertiary/aromatic N) is 2. The highest BCUT2D eigenvalue weighted by Crippen LogP contribution is 1.94. The predicted molar refractivity (Wildman–Crippen MR) is 55.2 cm³/mol. The summed E-state index contributed by atoms with van der Waals surface area (Å²) in [5, 5.41) is 2.59. The molecule has 1 aromatic rings. The Bertz CT molecular complexity index is 322. The van der Waals surface area contributed by atoms with Crippen molar-refractivity contribution < 1.29 is 9.53 Å². The van der Waals surface area contributed by atoms with Gasteiger partial charge in [0.25, 0.3) is 0 Å². The van der Waals surface area contributed by atoms with Gasteiger partial charge >= 0.3 is 6.09 Å². The van der Waals surface area contributed by atoms with E-state index in [0.717, 1.165) is 5.69 Å². The van der Waals surface area contributed by atoms with Gasteiger partial charge in [0.2, 0.25) is 0 Å². The summed E-state index contributed by atoms with van der Waals surface area (Å²) >= 11 is 0. The third-order valence-electron chi connectivity index (χ3n) is 1.59. The first kappa shape index (κ1) is 11.4. The van der Waals surface area contributed by atoms with Crippen LogP contribution in [0.25, 0.3) is 0 Å². The number of ether oxygens (including phenoxy) is 1. The van der Waals surface area contributed by atoms with Crippen molar-refractivity contribution in [2.24, 2.45) is 0 Å². The Morgan fingerprint density at radius 3 is 2.73 bits per heavy atom. The molecule has 0 saturated heterocycles. The molecule has 0 atom stereocenters. The molecule has 0 bridgehead atoms. The SMILES string of the molecule is Cc1cnc(CNC(=O)OC(C)C)cn1. The molecule has 0 spiro atoms. The van der Waals surface area contributed by atoms with E-state index in [4.69, 9.17) is 4.74 Å². The normalized spacial score (nSPS) is 10.1. The molecule has 1 rings (SSSR count). The molecule has 15 heavy (non-hydrogen) atoms. The van der Waals surface area contributed by atoms with Gasteiger partial charge < -0.3 is 10.1 Å². The minimum Gasteiger partial charge on any atom is -0.447 e. The Hall–Kier alpha value is -1.65. The molecule has 0 aromatic carbocycles. The minimum atomic E-state index is -0.438. The lowest BCUT2D eigenvalue weighted by Crippen LogP contribution is -2.26. The second-order valence-electron chi connectivity index (χ2n) is 3.46. The lowest BCUT2D eigenvalue weighted by Gasteiger charge is -2.08. The van der Waals surface area contributed by atoms with Crippen LogP contribution in [0.15, 0.2) is 12.4 Å². The highest BCUT2D eigenvalue weighted by atomic mass is 16.6. The summed E-state index contributed by atoms with van der Waals surface area (Å²) in [6.07, 6.45) is 2.73. The zero-order chi connectivity index (χ0) is 11.3. The second kappa shape index (κ2) is 5.29. The van der Waals surface area contributed by atoms with Crippen LogP contribution < -0.4 is 5.32 Å². The van der Waals surface area contributed by atoms with Gasteiger partial charge in [-0.2, -0.15) is 0 Å². The molecule has 5 nitrogen and oxygen atoms in total. The maximum absolute atomic E-state index is 11.1. The lowest BCUT2D eigenvalue weighted by molar-refractivity contribution is 0.115. The van der Waals surface area contributed by atoms with E-state index in [-0.39, 0.29) is 6.10 Å². The first-order chi connectivity index (χ1) is 7.08. The fraction of sp³-hybridized carbons (Fsp3) is 0.500. The summed E-state index contributed by atoms with van der Waals surface area (Å²) < 4.78 is 4.90. The van der Waals surface area contributed by atoms with E-state index >= 15 is 0 Å². The number of rotatable bonds is 3. The number of amides is 1. The Kier molecular flexibility index (Phi) is 4.03. The van der Waals surface area contributed by atoms with E-state index in [2.05, 4.69) is 15.3 Å². The molecule has 0 aliphatic carbocycles. The van der Waals surface area contributed by atoms with Gasteiger partial charge in [0.1, 0.15) is 0 Å². The van der Waals surface area contributed by atoms with E-state index in [1.807, 2.05) is 6.92 Å². The molecular formula is C10H15N3O2. The molecule has 0 fully saturated rings. The largest absolute Gasteiger partial charge is 0.447 e. The Morgan fingerprint density at radius 2 is 2.20 bits per heavy atom. The highest BCUT2D eigenvalue weighted by molar-refractivity contribution is 5.67. The number of aromatic nitrogens is 2. The molecule has 1 N–H and O–H groups in total. The fourth-order valence-corrected chi connectivity index (χ4v) is 0.929. The average Bonchev–Trinajstić information content (AvgIpc) is 2.16. The van der Waals surface area contributed by atoms with Crippen LogP contribution in [0, 0.1) is 6.92 Å². The summed E-state index contributed by atoms with van der Waals surface area (Å²) in [6, 6.07) is 0. The number of alkyl carbamates (subject to hydrolysis) is 1. The Morgan fingerprint density at radius 1 is 1.47 bits per heavy atom. The second-order valence-corrected chi connectivity index (χ2v) is 3.46. The summed E-state index contributed by atoms with van der Waals surface area (Å²) in [6.45, 7) is 5.78. The first-order valence-corrected chi connectivity index (χ1v) is 4.80. The molecule has 0 aliphatic rings. The van der Waals surface area contributed by atoms with Gasteiger partial charge in [0.15, 0.2) is 0 Å². The maximum atomic E-state index is 11.1. The van der Waals surface area contributed by atoms with Gasteiger partial charge in [0, 0.05) is 6.20 Å². The van der Waals surface area contributed by atoms with Gasteiger partial charge in [-0.3, -0.25) is 9.97 Å². The van der Waals surface area contributed by atoms with Crippen molar-refractivity contribution in [2.45, 2.75) is 33.4 Å². The zero-order valence-corrected chi connectivity index (χ0v) is 9.15. The van der Waals surface area contributed by atoms with E-state index in [0.29, 0.717) is 12.2 Å². The van der Waals surface area contributed by atoms with Crippen LogP contribution in [-0.2, 0) is 11.3 Å². The van der Waals surface area contributed by atoms with E-state index in [1.54, 1.807) is 26.2 Å². The van der Waals surface area contributed by atoms with Gasteiger partial charge in [-0.15, -0.1) is 0 Å². The monoisotopic (exact) mass is 209 g/mol. The first-order valence-electron chi connectivity index (χ1n) is 4.80. The van der Waals surface area contributed by atoms with Crippen molar-refractivity contribution >= 4 is 6.09 Å². The Balaban J connectivity index is 2.37. The molecule has 0 radical (unpaired) electrons. The van der Waals surface area contributed by atoms with Gasteiger partial charge in [-0.05, 0) is 20.8 Å². The van der Waals surface area contributed by atoms with E-state index in [9.17, 15) is 4.79 Å². The van der Waals surface area contributed by atoms with Crippen molar-refractivity contribution in [3.63, 3.8) is 0 Å². The van der Waals surface area contributed by atoms with Gasteiger partial charge in [0.05, 0.1) is 30.2 Å². The van der Waals surface area contributed by atoms with Crippen LogP contribution in [0.4, 0.5) is 4.79 Å². The number of carbonyl (C=O) groups is 1. The highest BCUT2D eigenvalue weighted by Gasteiger charge is 2.04. The standard InChI is InChI=1S/C10H15N3O2/c1-7(2)15-10(14)13-6-9-5-11-8(3)4-12-9/h4-5,7H,6H2,1-3H3,(H,13,14). The molecule has 1 heterocycles.